The van der Waals surface area contributed by atoms with Gasteiger partial charge in [0.1, 0.15) is 0 Å². The molecule has 1 aliphatic rings. The van der Waals surface area contributed by atoms with Crippen molar-refractivity contribution >= 4 is 38.3 Å². The van der Waals surface area contributed by atoms with Gasteiger partial charge in [-0.05, 0) is 37.5 Å². The zero-order chi connectivity index (χ0) is 13.9. The lowest BCUT2D eigenvalue weighted by atomic mass is 10.3. The SMILES string of the molecule is Nc1ccc2nc(NCCCC(=O)NC3CC3)sc2c1. The van der Waals surface area contributed by atoms with Crippen LogP contribution < -0.4 is 16.4 Å². The van der Waals surface area contributed by atoms with E-state index in [9.17, 15) is 4.79 Å². The molecule has 1 saturated carbocycles. The minimum atomic E-state index is 0.159. The van der Waals surface area contributed by atoms with Crippen molar-refractivity contribution in [2.24, 2.45) is 0 Å². The molecule has 0 aliphatic heterocycles. The van der Waals surface area contributed by atoms with Gasteiger partial charge in [-0.3, -0.25) is 4.79 Å². The number of anilines is 2. The maximum atomic E-state index is 11.5. The fourth-order valence-corrected chi connectivity index (χ4v) is 2.93. The van der Waals surface area contributed by atoms with Crippen LogP contribution in [0.2, 0.25) is 0 Å². The molecule has 0 atom stereocenters. The van der Waals surface area contributed by atoms with Crippen LogP contribution in [-0.4, -0.2) is 23.5 Å². The van der Waals surface area contributed by atoms with Crippen LogP contribution in [0.25, 0.3) is 10.2 Å². The highest BCUT2D eigenvalue weighted by atomic mass is 32.1. The highest BCUT2D eigenvalue weighted by Crippen LogP contribution is 2.27. The Morgan fingerprint density at radius 1 is 1.45 bits per heavy atom. The Morgan fingerprint density at radius 3 is 3.10 bits per heavy atom. The summed E-state index contributed by atoms with van der Waals surface area (Å²) in [5.74, 6) is 0.159. The fraction of sp³-hybridized carbons (Fsp3) is 0.429. The Balaban J connectivity index is 1.45. The van der Waals surface area contributed by atoms with E-state index in [-0.39, 0.29) is 5.91 Å². The number of nitrogens with one attached hydrogen (secondary N) is 2. The van der Waals surface area contributed by atoms with Gasteiger partial charge in [-0.15, -0.1) is 0 Å². The minimum absolute atomic E-state index is 0.159. The minimum Gasteiger partial charge on any atom is -0.399 e. The summed E-state index contributed by atoms with van der Waals surface area (Å²) in [4.78, 5) is 16.0. The van der Waals surface area contributed by atoms with Crippen molar-refractivity contribution in [2.75, 3.05) is 17.6 Å². The van der Waals surface area contributed by atoms with E-state index in [0.717, 1.165) is 46.8 Å². The van der Waals surface area contributed by atoms with Gasteiger partial charge < -0.3 is 16.4 Å². The molecule has 1 aromatic heterocycles. The predicted octanol–water partition coefficient (Wildman–Crippen LogP) is 2.35. The van der Waals surface area contributed by atoms with Crippen LogP contribution >= 0.6 is 11.3 Å². The van der Waals surface area contributed by atoms with Crippen LogP contribution in [0.5, 0.6) is 0 Å². The molecule has 1 fully saturated rings. The molecule has 0 saturated heterocycles. The zero-order valence-corrected chi connectivity index (χ0v) is 12.0. The van der Waals surface area contributed by atoms with Crippen molar-refractivity contribution in [3.05, 3.63) is 18.2 Å². The summed E-state index contributed by atoms with van der Waals surface area (Å²) in [6.07, 6.45) is 3.66. The molecular formula is C14H18N4OS. The van der Waals surface area contributed by atoms with Gasteiger partial charge in [-0.1, -0.05) is 11.3 Å². The molecule has 1 heterocycles. The Hall–Kier alpha value is -1.82. The van der Waals surface area contributed by atoms with Crippen LogP contribution in [0.4, 0.5) is 10.8 Å². The second-order valence-corrected chi connectivity index (χ2v) is 6.15. The topological polar surface area (TPSA) is 80.0 Å². The number of thiazole rings is 1. The second-order valence-electron chi connectivity index (χ2n) is 5.12. The first-order valence-corrected chi connectivity index (χ1v) is 7.72. The van der Waals surface area contributed by atoms with Crippen LogP contribution in [-0.2, 0) is 4.79 Å². The summed E-state index contributed by atoms with van der Waals surface area (Å²) in [7, 11) is 0. The first kappa shape index (κ1) is 13.2. The first-order chi connectivity index (χ1) is 9.70. The number of carbonyl (C=O) groups excluding carboxylic acids is 1. The average molecular weight is 290 g/mol. The second kappa shape index (κ2) is 5.66. The number of fused-ring (bicyclic) bond motifs is 1. The molecule has 4 N–H and O–H groups in total. The summed E-state index contributed by atoms with van der Waals surface area (Å²) in [6, 6.07) is 6.16. The molecule has 0 radical (unpaired) electrons. The Labute approximate surface area is 121 Å². The smallest absolute Gasteiger partial charge is 0.220 e. The van der Waals surface area contributed by atoms with E-state index in [4.69, 9.17) is 5.73 Å². The van der Waals surface area contributed by atoms with Gasteiger partial charge in [-0.2, -0.15) is 0 Å². The lowest BCUT2D eigenvalue weighted by Gasteiger charge is -2.03. The van der Waals surface area contributed by atoms with E-state index in [2.05, 4.69) is 15.6 Å². The average Bonchev–Trinajstić information content (AvgIpc) is 3.12. The third-order valence-electron chi connectivity index (χ3n) is 3.21. The number of aromatic nitrogens is 1. The van der Waals surface area contributed by atoms with E-state index < -0.39 is 0 Å². The molecule has 1 aromatic carbocycles. The molecule has 6 heteroatoms. The van der Waals surface area contributed by atoms with E-state index in [1.54, 1.807) is 11.3 Å². The van der Waals surface area contributed by atoms with E-state index in [1.165, 1.54) is 0 Å². The maximum Gasteiger partial charge on any atom is 0.220 e. The standard InChI is InChI=1S/C14H18N4OS/c15-9-3-6-11-12(8-9)20-14(18-11)16-7-1-2-13(19)17-10-4-5-10/h3,6,8,10H,1-2,4-5,7,15H2,(H,16,18)(H,17,19). The molecular weight excluding hydrogens is 272 g/mol. The molecule has 5 nitrogen and oxygen atoms in total. The van der Waals surface area contributed by atoms with Crippen molar-refractivity contribution < 1.29 is 4.79 Å². The maximum absolute atomic E-state index is 11.5. The lowest BCUT2D eigenvalue weighted by molar-refractivity contribution is -0.121. The lowest BCUT2D eigenvalue weighted by Crippen LogP contribution is -2.25. The van der Waals surface area contributed by atoms with Crippen molar-refractivity contribution in [1.82, 2.24) is 10.3 Å². The van der Waals surface area contributed by atoms with E-state index in [0.29, 0.717) is 12.5 Å². The Kier molecular flexibility index (Phi) is 3.73. The van der Waals surface area contributed by atoms with Gasteiger partial charge in [-0.25, -0.2) is 4.98 Å². The molecule has 0 bridgehead atoms. The summed E-state index contributed by atoms with van der Waals surface area (Å²) in [5.41, 5.74) is 7.46. The van der Waals surface area contributed by atoms with Crippen molar-refractivity contribution in [3.8, 4) is 0 Å². The number of benzene rings is 1. The van der Waals surface area contributed by atoms with Crippen LogP contribution in [0.15, 0.2) is 18.2 Å². The predicted molar refractivity (Wildman–Crippen MR) is 82.9 cm³/mol. The molecule has 20 heavy (non-hydrogen) atoms. The summed E-state index contributed by atoms with van der Waals surface area (Å²) in [5, 5.41) is 7.13. The molecule has 2 aromatic rings. The number of nitrogens with zero attached hydrogens (tertiary/aromatic N) is 1. The quantitative estimate of drug-likeness (QED) is 0.563. The molecule has 1 amide bonds. The van der Waals surface area contributed by atoms with Gasteiger partial charge in [0.2, 0.25) is 5.91 Å². The first-order valence-electron chi connectivity index (χ1n) is 6.90. The third-order valence-corrected chi connectivity index (χ3v) is 4.19. The summed E-state index contributed by atoms with van der Waals surface area (Å²) in [6.45, 7) is 0.757. The van der Waals surface area contributed by atoms with Crippen molar-refractivity contribution in [3.63, 3.8) is 0 Å². The van der Waals surface area contributed by atoms with Crippen LogP contribution in [0.3, 0.4) is 0 Å². The molecule has 0 unspecified atom stereocenters. The molecule has 106 valence electrons. The van der Waals surface area contributed by atoms with Crippen molar-refractivity contribution in [2.45, 2.75) is 31.7 Å². The fourth-order valence-electron chi connectivity index (χ4n) is 1.99. The number of rotatable bonds is 6. The van der Waals surface area contributed by atoms with Gasteiger partial charge >= 0.3 is 0 Å². The Bertz CT molecular complexity index is 621. The zero-order valence-electron chi connectivity index (χ0n) is 11.2. The van der Waals surface area contributed by atoms with E-state index in [1.807, 2.05) is 18.2 Å². The van der Waals surface area contributed by atoms with Crippen molar-refractivity contribution in [1.29, 1.82) is 0 Å². The number of hydrogen-bond acceptors (Lipinski definition) is 5. The van der Waals surface area contributed by atoms with Gasteiger partial charge in [0.05, 0.1) is 10.2 Å². The monoisotopic (exact) mass is 290 g/mol. The number of carbonyl (C=O) groups is 1. The highest BCUT2D eigenvalue weighted by molar-refractivity contribution is 7.22. The largest absolute Gasteiger partial charge is 0.399 e. The molecule has 1 aliphatic carbocycles. The number of nitrogen functional groups attached to an aromatic ring is 1. The van der Waals surface area contributed by atoms with Crippen LogP contribution in [0.1, 0.15) is 25.7 Å². The van der Waals surface area contributed by atoms with Gasteiger partial charge in [0.15, 0.2) is 5.13 Å². The number of hydrogen-bond donors (Lipinski definition) is 3. The van der Waals surface area contributed by atoms with E-state index >= 15 is 0 Å². The van der Waals surface area contributed by atoms with Crippen LogP contribution in [0, 0.1) is 0 Å². The highest BCUT2D eigenvalue weighted by Gasteiger charge is 2.22. The third kappa shape index (κ3) is 3.39. The summed E-state index contributed by atoms with van der Waals surface area (Å²) < 4.78 is 1.08. The van der Waals surface area contributed by atoms with Gasteiger partial charge in [0, 0.05) is 24.7 Å². The summed E-state index contributed by atoms with van der Waals surface area (Å²) >= 11 is 1.59. The number of nitrogens with two attached hydrogens (primary N) is 1. The van der Waals surface area contributed by atoms with Gasteiger partial charge in [0.25, 0.3) is 0 Å². The molecule has 3 rings (SSSR count). The molecule has 0 spiro atoms. The normalized spacial score (nSPS) is 14.4. The number of amides is 1. The Morgan fingerprint density at radius 2 is 2.30 bits per heavy atom.